The van der Waals surface area contributed by atoms with Crippen molar-refractivity contribution in [3.05, 3.63) is 35.6 Å². The molecule has 0 radical (unpaired) electrons. The Labute approximate surface area is 158 Å². The van der Waals surface area contributed by atoms with Crippen molar-refractivity contribution in [2.24, 2.45) is 0 Å². The summed E-state index contributed by atoms with van der Waals surface area (Å²) in [5.74, 6) is -1.46. The molecular weight excluding hydrogens is 373 g/mol. The number of hydrogen-bond acceptors (Lipinski definition) is 4. The van der Waals surface area contributed by atoms with E-state index in [-0.39, 0.29) is 24.2 Å². The molecule has 0 spiro atoms. The van der Waals surface area contributed by atoms with Gasteiger partial charge >= 0.3 is 11.8 Å². The van der Waals surface area contributed by atoms with Gasteiger partial charge in [0.1, 0.15) is 5.82 Å². The van der Waals surface area contributed by atoms with Crippen LogP contribution in [-0.4, -0.2) is 72.3 Å². The number of carbonyl (C=O) groups excluding carboxylic acids is 2. The van der Waals surface area contributed by atoms with Crippen molar-refractivity contribution in [2.45, 2.75) is 32.4 Å². The molecule has 2 aliphatic rings. The maximum atomic E-state index is 13.3. The van der Waals surface area contributed by atoms with Crippen molar-refractivity contribution in [1.82, 2.24) is 14.1 Å². The third-order valence-electron chi connectivity index (χ3n) is 5.23. The van der Waals surface area contributed by atoms with E-state index >= 15 is 0 Å². The number of rotatable bonds is 5. The number of halogens is 1. The highest BCUT2D eigenvalue weighted by Crippen LogP contribution is 2.22. The SMILES string of the molecule is CCS(=O)(=O)N1CCC(N2CCN(Cc3cccc(F)c3)C(=O)C2=O)CC1. The molecule has 148 valence electrons. The van der Waals surface area contributed by atoms with Crippen molar-refractivity contribution in [1.29, 1.82) is 0 Å². The van der Waals surface area contributed by atoms with Crippen LogP contribution < -0.4 is 0 Å². The second-order valence-corrected chi connectivity index (χ2v) is 9.14. The minimum absolute atomic E-state index is 0.0633. The van der Waals surface area contributed by atoms with E-state index in [0.29, 0.717) is 44.6 Å². The van der Waals surface area contributed by atoms with Crippen LogP contribution in [0, 0.1) is 5.82 Å². The van der Waals surface area contributed by atoms with Gasteiger partial charge in [-0.2, -0.15) is 0 Å². The van der Waals surface area contributed by atoms with Crippen LogP contribution in [0.25, 0.3) is 0 Å². The molecule has 1 aromatic rings. The summed E-state index contributed by atoms with van der Waals surface area (Å²) in [6, 6.07) is 5.86. The summed E-state index contributed by atoms with van der Waals surface area (Å²) in [6.45, 7) is 3.34. The van der Waals surface area contributed by atoms with Crippen LogP contribution in [0.4, 0.5) is 4.39 Å². The van der Waals surface area contributed by atoms with E-state index in [2.05, 4.69) is 0 Å². The van der Waals surface area contributed by atoms with E-state index in [1.165, 1.54) is 21.3 Å². The van der Waals surface area contributed by atoms with Crippen molar-refractivity contribution in [2.75, 3.05) is 31.9 Å². The first kappa shape index (κ1) is 19.8. The Morgan fingerprint density at radius 1 is 1.07 bits per heavy atom. The lowest BCUT2D eigenvalue weighted by Gasteiger charge is -2.41. The van der Waals surface area contributed by atoms with Gasteiger partial charge in [0.25, 0.3) is 0 Å². The zero-order valence-corrected chi connectivity index (χ0v) is 16.1. The molecule has 2 fully saturated rings. The molecule has 0 saturated carbocycles. The van der Waals surface area contributed by atoms with Gasteiger partial charge in [-0.05, 0) is 37.5 Å². The number of nitrogens with zero attached hydrogens (tertiary/aromatic N) is 3. The van der Waals surface area contributed by atoms with E-state index in [9.17, 15) is 22.4 Å². The van der Waals surface area contributed by atoms with Gasteiger partial charge in [-0.15, -0.1) is 0 Å². The number of carbonyl (C=O) groups is 2. The fourth-order valence-corrected chi connectivity index (χ4v) is 4.79. The van der Waals surface area contributed by atoms with Crippen LogP contribution in [0.15, 0.2) is 24.3 Å². The lowest BCUT2D eigenvalue weighted by Crippen LogP contribution is -2.59. The first-order valence-electron chi connectivity index (χ1n) is 9.14. The molecule has 2 aliphatic heterocycles. The zero-order valence-electron chi connectivity index (χ0n) is 15.3. The summed E-state index contributed by atoms with van der Waals surface area (Å²) in [6.07, 6.45) is 1.06. The highest BCUT2D eigenvalue weighted by Gasteiger charge is 2.38. The topological polar surface area (TPSA) is 78.0 Å². The highest BCUT2D eigenvalue weighted by molar-refractivity contribution is 7.89. The predicted octanol–water partition coefficient (Wildman–Crippen LogP) is 0.811. The monoisotopic (exact) mass is 397 g/mol. The van der Waals surface area contributed by atoms with Gasteiger partial charge in [-0.3, -0.25) is 9.59 Å². The summed E-state index contributed by atoms with van der Waals surface area (Å²) in [5, 5.41) is 0. The number of benzene rings is 1. The number of amides is 2. The normalized spacial score (nSPS) is 20.4. The smallest absolute Gasteiger partial charge is 0.312 e. The maximum Gasteiger partial charge on any atom is 0.312 e. The van der Waals surface area contributed by atoms with Crippen LogP contribution in [0.1, 0.15) is 25.3 Å². The zero-order chi connectivity index (χ0) is 19.6. The Hall–Kier alpha value is -2.00. The van der Waals surface area contributed by atoms with Crippen molar-refractivity contribution >= 4 is 21.8 Å². The van der Waals surface area contributed by atoms with Crippen LogP contribution in [0.3, 0.4) is 0 Å². The minimum atomic E-state index is -3.22. The van der Waals surface area contributed by atoms with Gasteiger partial charge in [0.15, 0.2) is 0 Å². The molecule has 7 nitrogen and oxygen atoms in total. The van der Waals surface area contributed by atoms with Crippen LogP contribution in [0.5, 0.6) is 0 Å². The summed E-state index contributed by atoms with van der Waals surface area (Å²) in [7, 11) is -3.22. The molecule has 0 unspecified atom stereocenters. The van der Waals surface area contributed by atoms with Crippen molar-refractivity contribution in [3.8, 4) is 0 Å². The number of hydrogen-bond donors (Lipinski definition) is 0. The Kier molecular flexibility index (Phi) is 5.81. The second kappa shape index (κ2) is 7.93. The van der Waals surface area contributed by atoms with E-state index in [1.54, 1.807) is 24.0 Å². The van der Waals surface area contributed by atoms with Gasteiger partial charge in [-0.1, -0.05) is 12.1 Å². The van der Waals surface area contributed by atoms with E-state index < -0.39 is 21.8 Å². The van der Waals surface area contributed by atoms with Gasteiger partial charge < -0.3 is 9.80 Å². The molecule has 2 amide bonds. The van der Waals surface area contributed by atoms with Gasteiger partial charge in [-0.25, -0.2) is 17.1 Å². The van der Waals surface area contributed by atoms with E-state index in [0.717, 1.165) is 0 Å². The Balaban J connectivity index is 1.60. The Morgan fingerprint density at radius 2 is 1.78 bits per heavy atom. The fourth-order valence-electron chi connectivity index (χ4n) is 3.66. The Morgan fingerprint density at radius 3 is 2.41 bits per heavy atom. The second-order valence-electron chi connectivity index (χ2n) is 6.89. The van der Waals surface area contributed by atoms with Crippen molar-refractivity contribution < 1.29 is 22.4 Å². The standard InChI is InChI=1S/C18H24FN3O4S/c1-2-27(25,26)21-8-6-16(7-9-21)22-11-10-20(17(23)18(22)24)13-14-4-3-5-15(19)12-14/h3-5,12,16H,2,6-11,13H2,1H3. The largest absolute Gasteiger partial charge is 0.330 e. The van der Waals surface area contributed by atoms with Crippen LogP contribution in [-0.2, 0) is 26.2 Å². The van der Waals surface area contributed by atoms with Crippen molar-refractivity contribution in [3.63, 3.8) is 0 Å². The molecule has 0 N–H and O–H groups in total. The summed E-state index contributed by atoms with van der Waals surface area (Å²) in [5.41, 5.74) is 0.641. The lowest BCUT2D eigenvalue weighted by molar-refractivity contribution is -0.158. The average Bonchev–Trinajstić information content (AvgIpc) is 2.66. The predicted molar refractivity (Wildman–Crippen MR) is 97.6 cm³/mol. The molecule has 27 heavy (non-hydrogen) atoms. The molecule has 0 aliphatic carbocycles. The highest BCUT2D eigenvalue weighted by atomic mass is 32.2. The summed E-state index contributed by atoms with van der Waals surface area (Å²) >= 11 is 0. The maximum absolute atomic E-state index is 13.3. The molecule has 2 heterocycles. The van der Waals surface area contributed by atoms with Crippen LogP contribution in [0.2, 0.25) is 0 Å². The van der Waals surface area contributed by atoms with Gasteiger partial charge in [0, 0.05) is 38.8 Å². The molecular formula is C18H24FN3O4S. The summed E-state index contributed by atoms with van der Waals surface area (Å²) in [4.78, 5) is 28.0. The average molecular weight is 397 g/mol. The fraction of sp³-hybridized carbons (Fsp3) is 0.556. The quantitative estimate of drug-likeness (QED) is 0.689. The summed E-state index contributed by atoms with van der Waals surface area (Å²) < 4.78 is 38.7. The van der Waals surface area contributed by atoms with E-state index in [1.807, 2.05) is 0 Å². The van der Waals surface area contributed by atoms with Gasteiger partial charge in [0.05, 0.1) is 5.75 Å². The molecule has 2 saturated heterocycles. The number of piperidine rings is 1. The van der Waals surface area contributed by atoms with E-state index in [4.69, 9.17) is 0 Å². The molecule has 1 aromatic carbocycles. The first-order valence-corrected chi connectivity index (χ1v) is 10.7. The number of sulfonamides is 1. The minimum Gasteiger partial charge on any atom is -0.330 e. The van der Waals surface area contributed by atoms with Gasteiger partial charge in [0.2, 0.25) is 10.0 Å². The van der Waals surface area contributed by atoms with Crippen LogP contribution >= 0.6 is 0 Å². The molecule has 9 heteroatoms. The molecule has 0 bridgehead atoms. The molecule has 3 rings (SSSR count). The number of piperazine rings is 1. The third-order valence-corrected chi connectivity index (χ3v) is 7.11. The lowest BCUT2D eigenvalue weighted by atomic mass is 10.0. The first-order chi connectivity index (χ1) is 12.8. The third kappa shape index (κ3) is 4.30. The molecule has 0 atom stereocenters. The molecule has 0 aromatic heterocycles. The Bertz CT molecular complexity index is 822.